The van der Waals surface area contributed by atoms with Gasteiger partial charge in [-0.25, -0.2) is 4.39 Å². The Hall–Kier alpha value is -1.67. The first-order valence-electron chi connectivity index (χ1n) is 7.69. The summed E-state index contributed by atoms with van der Waals surface area (Å²) in [6.07, 6.45) is 3.21. The summed E-state index contributed by atoms with van der Waals surface area (Å²) in [4.78, 5) is 0. The van der Waals surface area contributed by atoms with E-state index in [1.165, 1.54) is 29.2 Å². The number of fused-ring (bicyclic) bond motifs is 1. The third-order valence-corrected chi connectivity index (χ3v) is 4.79. The molecule has 2 unspecified atom stereocenters. The van der Waals surface area contributed by atoms with Gasteiger partial charge in [0.25, 0.3) is 0 Å². The summed E-state index contributed by atoms with van der Waals surface area (Å²) in [5.74, 6) is 0.381. The van der Waals surface area contributed by atoms with E-state index in [4.69, 9.17) is 0 Å². The van der Waals surface area contributed by atoms with Gasteiger partial charge in [0, 0.05) is 12.0 Å². The van der Waals surface area contributed by atoms with Crippen molar-refractivity contribution < 1.29 is 4.39 Å². The molecule has 0 aliphatic heterocycles. The molecular weight excluding hydrogens is 261 g/mol. The molecule has 2 atom stereocenters. The van der Waals surface area contributed by atoms with Crippen LogP contribution in [0.15, 0.2) is 42.5 Å². The van der Waals surface area contributed by atoms with Gasteiger partial charge in [-0.3, -0.25) is 0 Å². The Morgan fingerprint density at radius 3 is 2.86 bits per heavy atom. The molecule has 21 heavy (non-hydrogen) atoms. The highest BCUT2D eigenvalue weighted by atomic mass is 19.1. The molecule has 0 spiro atoms. The molecular formula is C19H22FN. The fourth-order valence-electron chi connectivity index (χ4n) is 3.55. The average molecular weight is 283 g/mol. The Morgan fingerprint density at radius 2 is 2.05 bits per heavy atom. The number of rotatable bonds is 4. The van der Waals surface area contributed by atoms with Crippen LogP contribution in [0.2, 0.25) is 0 Å². The van der Waals surface area contributed by atoms with Gasteiger partial charge in [0.15, 0.2) is 0 Å². The van der Waals surface area contributed by atoms with E-state index in [1.807, 2.05) is 13.1 Å². The predicted octanol–water partition coefficient (Wildman–Crippen LogP) is 3.99. The van der Waals surface area contributed by atoms with Crippen molar-refractivity contribution in [3.63, 3.8) is 0 Å². The first kappa shape index (κ1) is 14.3. The lowest BCUT2D eigenvalue weighted by Gasteiger charge is -2.25. The summed E-state index contributed by atoms with van der Waals surface area (Å²) in [7, 11) is 2.01. The summed E-state index contributed by atoms with van der Waals surface area (Å²) >= 11 is 0. The zero-order valence-electron chi connectivity index (χ0n) is 12.7. The molecule has 1 nitrogen and oxygen atoms in total. The van der Waals surface area contributed by atoms with Crippen molar-refractivity contribution in [3.8, 4) is 0 Å². The largest absolute Gasteiger partial charge is 0.316 e. The molecule has 0 saturated heterocycles. The molecule has 0 aromatic heterocycles. The lowest BCUT2D eigenvalue weighted by molar-refractivity contribution is 0.454. The highest BCUT2D eigenvalue weighted by Crippen LogP contribution is 2.36. The van der Waals surface area contributed by atoms with Crippen molar-refractivity contribution >= 4 is 0 Å². The van der Waals surface area contributed by atoms with E-state index in [1.54, 1.807) is 6.07 Å². The summed E-state index contributed by atoms with van der Waals surface area (Å²) in [5, 5.41) is 3.46. The zero-order valence-corrected chi connectivity index (χ0v) is 12.7. The van der Waals surface area contributed by atoms with Gasteiger partial charge in [-0.05, 0) is 67.6 Å². The number of aryl methyl sites for hydroxylation is 2. The quantitative estimate of drug-likeness (QED) is 0.894. The molecule has 0 radical (unpaired) electrons. The Morgan fingerprint density at radius 1 is 1.24 bits per heavy atom. The molecule has 1 aliphatic carbocycles. The predicted molar refractivity (Wildman–Crippen MR) is 85.2 cm³/mol. The Kier molecular flexibility index (Phi) is 4.07. The van der Waals surface area contributed by atoms with Gasteiger partial charge in [0.1, 0.15) is 5.82 Å². The van der Waals surface area contributed by atoms with Crippen LogP contribution in [0.25, 0.3) is 0 Å². The average Bonchev–Trinajstić information content (AvgIpc) is 2.92. The molecule has 0 fully saturated rings. The molecule has 2 heteroatoms. The highest BCUT2D eigenvalue weighted by molar-refractivity contribution is 5.37. The molecule has 3 rings (SSSR count). The van der Waals surface area contributed by atoms with Gasteiger partial charge in [-0.15, -0.1) is 0 Å². The molecule has 1 aliphatic rings. The van der Waals surface area contributed by atoms with E-state index >= 15 is 0 Å². The lowest BCUT2D eigenvalue weighted by atomic mass is 9.88. The Bertz CT molecular complexity index is 635. The van der Waals surface area contributed by atoms with E-state index in [0.29, 0.717) is 12.0 Å². The van der Waals surface area contributed by atoms with E-state index in [0.717, 1.165) is 18.4 Å². The van der Waals surface area contributed by atoms with Gasteiger partial charge in [0.2, 0.25) is 0 Å². The van der Waals surface area contributed by atoms with Crippen molar-refractivity contribution in [1.82, 2.24) is 5.32 Å². The van der Waals surface area contributed by atoms with Crippen molar-refractivity contribution in [2.24, 2.45) is 0 Å². The van der Waals surface area contributed by atoms with Crippen LogP contribution in [0.4, 0.5) is 4.39 Å². The molecule has 0 bridgehead atoms. The van der Waals surface area contributed by atoms with Crippen LogP contribution in [0, 0.1) is 12.7 Å². The monoisotopic (exact) mass is 283 g/mol. The second-order valence-corrected chi connectivity index (χ2v) is 6.01. The molecule has 110 valence electrons. The van der Waals surface area contributed by atoms with Crippen LogP contribution in [-0.4, -0.2) is 13.1 Å². The number of hydrogen-bond acceptors (Lipinski definition) is 1. The van der Waals surface area contributed by atoms with Crippen LogP contribution in [0.1, 0.15) is 34.6 Å². The number of halogens is 1. The van der Waals surface area contributed by atoms with Crippen molar-refractivity contribution in [1.29, 1.82) is 0 Å². The molecule has 2 aromatic rings. The van der Waals surface area contributed by atoms with Gasteiger partial charge >= 0.3 is 0 Å². The normalized spacial score (nSPS) is 18.5. The minimum atomic E-state index is -0.141. The smallest absolute Gasteiger partial charge is 0.123 e. The van der Waals surface area contributed by atoms with Gasteiger partial charge < -0.3 is 5.32 Å². The van der Waals surface area contributed by atoms with Crippen molar-refractivity contribution in [3.05, 3.63) is 70.5 Å². The van der Waals surface area contributed by atoms with Crippen LogP contribution in [0.3, 0.4) is 0 Å². The number of benzene rings is 2. The second kappa shape index (κ2) is 5.98. The maximum Gasteiger partial charge on any atom is 0.123 e. The number of nitrogens with one attached hydrogen (secondary N) is 1. The van der Waals surface area contributed by atoms with Crippen LogP contribution < -0.4 is 5.32 Å². The number of hydrogen-bond donors (Lipinski definition) is 1. The summed E-state index contributed by atoms with van der Waals surface area (Å²) < 4.78 is 13.5. The van der Waals surface area contributed by atoms with Crippen molar-refractivity contribution in [2.75, 3.05) is 7.05 Å². The summed E-state index contributed by atoms with van der Waals surface area (Å²) in [6, 6.07) is 14.2. The molecule has 0 amide bonds. The van der Waals surface area contributed by atoms with Crippen molar-refractivity contribution in [2.45, 2.75) is 38.1 Å². The molecule has 0 saturated carbocycles. The van der Waals surface area contributed by atoms with E-state index in [-0.39, 0.29) is 5.82 Å². The van der Waals surface area contributed by atoms with Crippen LogP contribution >= 0.6 is 0 Å². The molecule has 0 heterocycles. The van der Waals surface area contributed by atoms with E-state index in [9.17, 15) is 4.39 Å². The van der Waals surface area contributed by atoms with Crippen LogP contribution in [-0.2, 0) is 12.8 Å². The van der Waals surface area contributed by atoms with E-state index in [2.05, 4.69) is 36.5 Å². The molecule has 2 aromatic carbocycles. The Balaban J connectivity index is 1.85. The SMILES string of the molecule is CNC(Cc1cc(F)ccc1C)C1CCc2ccccc21. The third-order valence-electron chi connectivity index (χ3n) is 4.79. The Labute approximate surface area is 126 Å². The fourth-order valence-corrected chi connectivity index (χ4v) is 3.55. The number of likely N-dealkylation sites (N-methyl/N-ethyl adjacent to an activating group) is 1. The fraction of sp³-hybridized carbons (Fsp3) is 0.368. The first-order valence-corrected chi connectivity index (χ1v) is 7.69. The van der Waals surface area contributed by atoms with E-state index < -0.39 is 0 Å². The second-order valence-electron chi connectivity index (χ2n) is 6.01. The molecule has 1 N–H and O–H groups in total. The standard InChI is InChI=1S/C19H22FN/c1-13-7-9-16(20)11-15(13)12-19(21-2)18-10-8-14-5-3-4-6-17(14)18/h3-7,9,11,18-19,21H,8,10,12H2,1-2H3. The van der Waals surface area contributed by atoms with Gasteiger partial charge in [-0.1, -0.05) is 30.3 Å². The third kappa shape index (κ3) is 2.86. The highest BCUT2D eigenvalue weighted by Gasteiger charge is 2.28. The minimum absolute atomic E-state index is 0.141. The minimum Gasteiger partial charge on any atom is -0.316 e. The maximum atomic E-state index is 13.5. The zero-order chi connectivity index (χ0) is 14.8. The van der Waals surface area contributed by atoms with Gasteiger partial charge in [0.05, 0.1) is 0 Å². The summed E-state index contributed by atoms with van der Waals surface area (Å²) in [6.45, 7) is 2.06. The summed E-state index contributed by atoms with van der Waals surface area (Å²) in [5.41, 5.74) is 5.21. The topological polar surface area (TPSA) is 12.0 Å². The first-order chi connectivity index (χ1) is 10.2. The van der Waals surface area contributed by atoms with Crippen LogP contribution in [0.5, 0.6) is 0 Å². The van der Waals surface area contributed by atoms with Gasteiger partial charge in [-0.2, -0.15) is 0 Å². The maximum absolute atomic E-state index is 13.5. The lowest BCUT2D eigenvalue weighted by Crippen LogP contribution is -2.33.